The lowest BCUT2D eigenvalue weighted by molar-refractivity contribution is -0.142. The molecule has 0 aliphatic heterocycles. The Kier molecular flexibility index (Phi) is 8.19. The van der Waals surface area contributed by atoms with E-state index in [1.54, 1.807) is 19.2 Å². The number of nitrogens with zero attached hydrogens (tertiary/aromatic N) is 1. The molecule has 1 unspecified atom stereocenters. The Hall–Kier alpha value is -2.89. The molecule has 0 aliphatic rings. The number of halogens is 1. The number of rotatable bonds is 9. The Morgan fingerprint density at radius 1 is 1.10 bits per heavy atom. The Bertz CT molecular complexity index is 821. The fourth-order valence-corrected chi connectivity index (χ4v) is 3.18. The van der Waals surface area contributed by atoms with Gasteiger partial charge in [0.15, 0.2) is 6.61 Å². The molecule has 5 nitrogen and oxygen atoms in total. The molecule has 6 heteroatoms. The first-order chi connectivity index (χ1) is 13.9. The molecule has 2 aromatic carbocycles. The highest BCUT2D eigenvalue weighted by Gasteiger charge is 2.28. The van der Waals surface area contributed by atoms with Crippen LogP contribution in [-0.4, -0.2) is 36.4 Å². The molecule has 0 heterocycles. The van der Waals surface area contributed by atoms with Gasteiger partial charge in [-0.1, -0.05) is 51.1 Å². The normalized spacial score (nSPS) is 11.8. The Morgan fingerprint density at radius 2 is 1.76 bits per heavy atom. The minimum atomic E-state index is -0.638. The second-order valence-electron chi connectivity index (χ2n) is 7.17. The van der Waals surface area contributed by atoms with Crippen molar-refractivity contribution in [2.24, 2.45) is 0 Å². The van der Waals surface area contributed by atoms with Crippen LogP contribution in [-0.2, 0) is 16.1 Å². The summed E-state index contributed by atoms with van der Waals surface area (Å²) in [5.41, 5.74) is 1.76. The molecular weight excluding hydrogens is 371 g/mol. The van der Waals surface area contributed by atoms with Crippen LogP contribution in [0.4, 0.5) is 4.39 Å². The van der Waals surface area contributed by atoms with Crippen LogP contribution in [0, 0.1) is 5.82 Å². The van der Waals surface area contributed by atoms with Gasteiger partial charge in [0.1, 0.15) is 17.6 Å². The van der Waals surface area contributed by atoms with Gasteiger partial charge >= 0.3 is 0 Å². The van der Waals surface area contributed by atoms with Crippen LogP contribution in [0.5, 0.6) is 5.75 Å². The molecule has 0 aliphatic carbocycles. The fraction of sp³-hybridized carbons (Fsp3) is 0.391. The van der Waals surface area contributed by atoms with Crippen molar-refractivity contribution in [3.05, 3.63) is 65.5 Å². The van der Waals surface area contributed by atoms with E-state index in [1.165, 1.54) is 17.0 Å². The second-order valence-corrected chi connectivity index (χ2v) is 7.17. The number of carbonyl (C=O) groups is 2. The topological polar surface area (TPSA) is 58.6 Å². The summed E-state index contributed by atoms with van der Waals surface area (Å²) < 4.78 is 19.1. The van der Waals surface area contributed by atoms with Gasteiger partial charge in [0.2, 0.25) is 5.91 Å². The monoisotopic (exact) mass is 400 g/mol. The molecule has 0 saturated carbocycles. The van der Waals surface area contributed by atoms with Crippen LogP contribution in [0.25, 0.3) is 0 Å². The summed E-state index contributed by atoms with van der Waals surface area (Å²) in [5, 5.41) is 2.61. The molecule has 156 valence electrons. The van der Waals surface area contributed by atoms with Gasteiger partial charge in [-0.3, -0.25) is 9.59 Å². The summed E-state index contributed by atoms with van der Waals surface area (Å²) >= 11 is 0. The lowest BCUT2D eigenvalue weighted by Crippen LogP contribution is -2.49. The minimum absolute atomic E-state index is 0.182. The molecule has 29 heavy (non-hydrogen) atoms. The quantitative estimate of drug-likeness (QED) is 0.695. The maximum Gasteiger partial charge on any atom is 0.261 e. The summed E-state index contributed by atoms with van der Waals surface area (Å²) in [6, 6.07) is 12.9. The molecule has 0 saturated heterocycles. The van der Waals surface area contributed by atoms with Crippen molar-refractivity contribution in [1.82, 2.24) is 10.2 Å². The number of hydrogen-bond donors (Lipinski definition) is 1. The Morgan fingerprint density at radius 3 is 2.34 bits per heavy atom. The number of para-hydroxylation sites is 1. The van der Waals surface area contributed by atoms with Gasteiger partial charge < -0.3 is 15.0 Å². The zero-order valence-corrected chi connectivity index (χ0v) is 17.4. The molecule has 2 amide bonds. The molecule has 2 aromatic rings. The van der Waals surface area contributed by atoms with E-state index >= 15 is 0 Å². The molecule has 0 aromatic heterocycles. The third-order valence-electron chi connectivity index (χ3n) is 4.79. The molecule has 0 radical (unpaired) electrons. The Labute approximate surface area is 171 Å². The molecule has 1 atom stereocenters. The SMILES string of the molecule is CCC(C(=O)NC)N(Cc1ccc(F)cc1)C(=O)COc1ccccc1C(C)C. The number of hydrogen-bond acceptors (Lipinski definition) is 3. The molecule has 0 fully saturated rings. The Balaban J connectivity index is 2.21. The average Bonchev–Trinajstić information content (AvgIpc) is 2.73. The van der Waals surface area contributed by atoms with Crippen LogP contribution in [0.1, 0.15) is 44.2 Å². The van der Waals surface area contributed by atoms with Crippen molar-refractivity contribution in [2.45, 2.75) is 45.7 Å². The fourth-order valence-electron chi connectivity index (χ4n) is 3.18. The summed E-state index contributed by atoms with van der Waals surface area (Å²) in [7, 11) is 1.54. The number of nitrogens with one attached hydrogen (secondary N) is 1. The predicted molar refractivity (Wildman–Crippen MR) is 111 cm³/mol. The minimum Gasteiger partial charge on any atom is -0.483 e. The number of ether oxygens (including phenoxy) is 1. The average molecular weight is 400 g/mol. The van der Waals surface area contributed by atoms with E-state index in [2.05, 4.69) is 19.2 Å². The van der Waals surface area contributed by atoms with E-state index in [9.17, 15) is 14.0 Å². The first-order valence-corrected chi connectivity index (χ1v) is 9.84. The maximum atomic E-state index is 13.2. The van der Waals surface area contributed by atoms with E-state index in [1.807, 2.05) is 31.2 Å². The molecule has 1 N–H and O–H groups in total. The molecule has 2 rings (SSSR count). The second kappa shape index (κ2) is 10.6. The lowest BCUT2D eigenvalue weighted by atomic mass is 10.0. The van der Waals surface area contributed by atoms with Crippen molar-refractivity contribution >= 4 is 11.8 Å². The van der Waals surface area contributed by atoms with Gasteiger partial charge in [0.25, 0.3) is 5.91 Å². The summed E-state index contributed by atoms with van der Waals surface area (Å²) in [4.78, 5) is 26.9. The van der Waals surface area contributed by atoms with Crippen molar-refractivity contribution in [1.29, 1.82) is 0 Å². The molecule has 0 bridgehead atoms. The van der Waals surface area contributed by atoms with Crippen molar-refractivity contribution < 1.29 is 18.7 Å². The molecular formula is C23H29FN2O3. The van der Waals surface area contributed by atoms with E-state index in [0.717, 1.165) is 11.1 Å². The van der Waals surface area contributed by atoms with Crippen molar-refractivity contribution in [3.8, 4) is 5.75 Å². The highest BCUT2D eigenvalue weighted by atomic mass is 19.1. The van der Waals surface area contributed by atoms with Crippen molar-refractivity contribution in [3.63, 3.8) is 0 Å². The van der Waals surface area contributed by atoms with E-state index in [-0.39, 0.29) is 36.7 Å². The predicted octanol–water partition coefficient (Wildman–Crippen LogP) is 3.88. The highest BCUT2D eigenvalue weighted by molar-refractivity contribution is 5.88. The van der Waals surface area contributed by atoms with Gasteiger partial charge in [-0.25, -0.2) is 4.39 Å². The van der Waals surface area contributed by atoms with E-state index < -0.39 is 6.04 Å². The van der Waals surface area contributed by atoms with Crippen LogP contribution in [0.2, 0.25) is 0 Å². The number of carbonyl (C=O) groups excluding carboxylic acids is 2. The van der Waals surface area contributed by atoms with Gasteiger partial charge in [0.05, 0.1) is 0 Å². The first kappa shape index (κ1) is 22.4. The van der Waals surface area contributed by atoms with Crippen LogP contribution < -0.4 is 10.1 Å². The van der Waals surface area contributed by atoms with E-state index in [4.69, 9.17) is 4.74 Å². The summed E-state index contributed by atoms with van der Waals surface area (Å²) in [6.07, 6.45) is 0.454. The lowest BCUT2D eigenvalue weighted by Gasteiger charge is -2.30. The zero-order valence-electron chi connectivity index (χ0n) is 17.4. The number of likely N-dealkylation sites (N-methyl/N-ethyl adjacent to an activating group) is 1. The zero-order chi connectivity index (χ0) is 21.4. The maximum absolute atomic E-state index is 13.2. The summed E-state index contributed by atoms with van der Waals surface area (Å²) in [6.45, 7) is 5.98. The third-order valence-corrected chi connectivity index (χ3v) is 4.79. The smallest absolute Gasteiger partial charge is 0.261 e. The van der Waals surface area contributed by atoms with Gasteiger partial charge in [-0.15, -0.1) is 0 Å². The number of benzene rings is 2. The largest absolute Gasteiger partial charge is 0.483 e. The third kappa shape index (κ3) is 6.04. The molecule has 0 spiro atoms. The van der Waals surface area contributed by atoms with Crippen LogP contribution in [0.15, 0.2) is 48.5 Å². The van der Waals surface area contributed by atoms with Gasteiger partial charge in [-0.2, -0.15) is 0 Å². The standard InChI is InChI=1S/C23H29FN2O3/c1-5-20(23(28)25-4)26(14-17-10-12-18(24)13-11-17)22(27)15-29-21-9-7-6-8-19(21)16(2)3/h6-13,16,20H,5,14-15H2,1-4H3,(H,25,28). The van der Waals surface area contributed by atoms with Crippen molar-refractivity contribution in [2.75, 3.05) is 13.7 Å². The highest BCUT2D eigenvalue weighted by Crippen LogP contribution is 2.26. The first-order valence-electron chi connectivity index (χ1n) is 9.84. The number of amides is 2. The van der Waals surface area contributed by atoms with Gasteiger partial charge in [-0.05, 0) is 41.7 Å². The van der Waals surface area contributed by atoms with Crippen LogP contribution >= 0.6 is 0 Å². The summed E-state index contributed by atoms with van der Waals surface area (Å²) in [5.74, 6) is 0.0175. The van der Waals surface area contributed by atoms with E-state index in [0.29, 0.717) is 12.2 Å². The van der Waals surface area contributed by atoms with Crippen LogP contribution in [0.3, 0.4) is 0 Å². The van der Waals surface area contributed by atoms with Gasteiger partial charge in [0, 0.05) is 13.6 Å².